The van der Waals surface area contributed by atoms with Crippen LogP contribution < -0.4 is 10.6 Å². The Morgan fingerprint density at radius 3 is 2.92 bits per heavy atom. The maximum Gasteiger partial charge on any atom is 0.237 e. The van der Waals surface area contributed by atoms with Crippen molar-refractivity contribution in [2.45, 2.75) is 54.7 Å². The molecule has 1 aliphatic rings. The van der Waals surface area contributed by atoms with Crippen LogP contribution in [0.3, 0.4) is 0 Å². The molecule has 2 N–H and O–H groups in total. The summed E-state index contributed by atoms with van der Waals surface area (Å²) in [4.78, 5) is 16.3. The number of carbonyl (C=O) groups is 1. The summed E-state index contributed by atoms with van der Waals surface area (Å²) >= 11 is 8.85. The highest BCUT2D eigenvalue weighted by Gasteiger charge is 2.19. The summed E-state index contributed by atoms with van der Waals surface area (Å²) < 4.78 is 0.776. The molecular formula is C16H20ClN5OS2. The van der Waals surface area contributed by atoms with Gasteiger partial charge in [0.1, 0.15) is 0 Å². The van der Waals surface area contributed by atoms with Crippen molar-refractivity contribution in [3.63, 3.8) is 0 Å². The third-order valence-corrected chi connectivity index (χ3v) is 6.34. The smallest absolute Gasteiger partial charge is 0.237 e. The van der Waals surface area contributed by atoms with Crippen LogP contribution in [0.5, 0.6) is 0 Å². The van der Waals surface area contributed by atoms with E-state index >= 15 is 0 Å². The molecule has 1 fully saturated rings. The fraction of sp³-hybridized carbons (Fsp3) is 0.500. The largest absolute Gasteiger partial charge is 0.357 e. The molecular weight excluding hydrogens is 378 g/mol. The zero-order valence-corrected chi connectivity index (χ0v) is 16.3. The SMILES string of the molecule is CC(Sc1nnc(NC2CCCCC2)s1)C(=O)Nc1cccnc1Cl. The maximum absolute atomic E-state index is 12.3. The first-order valence-corrected chi connectivity index (χ1v) is 10.4. The topological polar surface area (TPSA) is 79.8 Å². The van der Waals surface area contributed by atoms with E-state index in [2.05, 4.69) is 25.8 Å². The molecule has 134 valence electrons. The summed E-state index contributed by atoms with van der Waals surface area (Å²) in [5, 5.41) is 15.4. The lowest BCUT2D eigenvalue weighted by atomic mass is 9.96. The number of thioether (sulfide) groups is 1. The molecule has 1 atom stereocenters. The molecule has 0 aromatic carbocycles. The van der Waals surface area contributed by atoms with E-state index in [0.29, 0.717) is 11.7 Å². The number of halogens is 1. The van der Waals surface area contributed by atoms with Crippen LogP contribution in [-0.2, 0) is 4.79 Å². The second-order valence-electron chi connectivity index (χ2n) is 5.94. The highest BCUT2D eigenvalue weighted by molar-refractivity contribution is 8.02. The van der Waals surface area contributed by atoms with Gasteiger partial charge in [0.2, 0.25) is 11.0 Å². The minimum absolute atomic E-state index is 0.142. The van der Waals surface area contributed by atoms with Crippen LogP contribution in [0, 0.1) is 0 Å². The summed E-state index contributed by atoms with van der Waals surface area (Å²) in [5.74, 6) is -0.142. The standard InChI is InChI=1S/C16H20ClN5OS2/c1-10(14(23)20-12-8-5-9-18-13(12)17)24-16-22-21-15(25-16)19-11-6-3-2-4-7-11/h5,8-11H,2-4,6-7H2,1H3,(H,19,21)(H,20,23). The van der Waals surface area contributed by atoms with Gasteiger partial charge < -0.3 is 10.6 Å². The van der Waals surface area contributed by atoms with Gasteiger partial charge in [-0.25, -0.2) is 4.98 Å². The summed E-state index contributed by atoms with van der Waals surface area (Å²) in [6, 6.07) is 3.95. The van der Waals surface area contributed by atoms with E-state index in [9.17, 15) is 4.79 Å². The second kappa shape index (κ2) is 8.82. The Morgan fingerprint density at radius 2 is 2.16 bits per heavy atom. The molecule has 1 unspecified atom stereocenters. The highest BCUT2D eigenvalue weighted by Crippen LogP contribution is 2.31. The van der Waals surface area contributed by atoms with Crippen molar-refractivity contribution in [2.24, 2.45) is 0 Å². The summed E-state index contributed by atoms with van der Waals surface area (Å²) in [6.07, 6.45) is 7.82. The van der Waals surface area contributed by atoms with Crippen molar-refractivity contribution in [2.75, 3.05) is 10.6 Å². The lowest BCUT2D eigenvalue weighted by molar-refractivity contribution is -0.115. The molecule has 0 aliphatic heterocycles. The average Bonchev–Trinajstić information content (AvgIpc) is 3.04. The predicted octanol–water partition coefficient (Wildman–Crippen LogP) is 4.45. The van der Waals surface area contributed by atoms with Crippen molar-refractivity contribution >= 4 is 51.4 Å². The van der Waals surface area contributed by atoms with Gasteiger partial charge in [-0.15, -0.1) is 10.2 Å². The fourth-order valence-corrected chi connectivity index (χ4v) is 4.80. The van der Waals surface area contributed by atoms with E-state index in [4.69, 9.17) is 11.6 Å². The Bertz CT molecular complexity index is 720. The van der Waals surface area contributed by atoms with Gasteiger partial charge in [0.15, 0.2) is 9.49 Å². The molecule has 1 saturated carbocycles. The Morgan fingerprint density at radius 1 is 1.36 bits per heavy atom. The molecule has 0 saturated heterocycles. The normalized spacial score (nSPS) is 16.4. The molecule has 0 spiro atoms. The average molecular weight is 398 g/mol. The Labute approximate surface area is 160 Å². The van der Waals surface area contributed by atoms with Crippen molar-refractivity contribution in [1.29, 1.82) is 0 Å². The molecule has 3 rings (SSSR count). The van der Waals surface area contributed by atoms with Gasteiger partial charge in [-0.05, 0) is 31.9 Å². The van der Waals surface area contributed by atoms with Gasteiger partial charge in [0, 0.05) is 12.2 Å². The van der Waals surface area contributed by atoms with Crippen molar-refractivity contribution in [3.8, 4) is 0 Å². The third kappa shape index (κ3) is 5.29. The third-order valence-electron chi connectivity index (χ3n) is 4.00. The number of carbonyl (C=O) groups excluding carboxylic acids is 1. The molecule has 6 nitrogen and oxygen atoms in total. The van der Waals surface area contributed by atoms with Crippen LogP contribution in [0.25, 0.3) is 0 Å². The van der Waals surface area contributed by atoms with Gasteiger partial charge in [-0.1, -0.05) is 54.0 Å². The number of anilines is 2. The molecule has 0 bridgehead atoms. The van der Waals surface area contributed by atoms with E-state index < -0.39 is 0 Å². The number of amides is 1. The minimum Gasteiger partial charge on any atom is -0.357 e. The molecule has 0 radical (unpaired) electrons. The number of hydrogen-bond donors (Lipinski definition) is 2. The number of pyridine rings is 1. The number of hydrogen-bond acceptors (Lipinski definition) is 7. The lowest BCUT2D eigenvalue weighted by Crippen LogP contribution is -2.22. The van der Waals surface area contributed by atoms with Gasteiger partial charge in [0.25, 0.3) is 0 Å². The molecule has 25 heavy (non-hydrogen) atoms. The Hall–Kier alpha value is -1.38. The molecule has 9 heteroatoms. The Balaban J connectivity index is 1.53. The first-order chi connectivity index (χ1) is 12.1. The van der Waals surface area contributed by atoms with Crippen LogP contribution >= 0.6 is 34.7 Å². The number of nitrogens with zero attached hydrogens (tertiary/aromatic N) is 3. The van der Waals surface area contributed by atoms with E-state index in [-0.39, 0.29) is 16.3 Å². The number of nitrogens with one attached hydrogen (secondary N) is 2. The van der Waals surface area contributed by atoms with Crippen LogP contribution in [0.4, 0.5) is 10.8 Å². The molecule has 2 aromatic rings. The first-order valence-electron chi connectivity index (χ1n) is 8.30. The van der Waals surface area contributed by atoms with Gasteiger partial charge >= 0.3 is 0 Å². The van der Waals surface area contributed by atoms with E-state index in [1.54, 1.807) is 18.3 Å². The van der Waals surface area contributed by atoms with Crippen LogP contribution in [0.1, 0.15) is 39.0 Å². The second-order valence-corrected chi connectivity index (χ2v) is 8.87. The number of rotatable bonds is 6. The van der Waals surface area contributed by atoms with Crippen LogP contribution in [0.2, 0.25) is 5.15 Å². The van der Waals surface area contributed by atoms with Gasteiger partial charge in [0.05, 0.1) is 10.9 Å². The van der Waals surface area contributed by atoms with Crippen molar-refractivity contribution < 1.29 is 4.79 Å². The molecule has 2 heterocycles. The Kier molecular flexibility index (Phi) is 6.50. The van der Waals surface area contributed by atoms with Crippen LogP contribution in [-0.4, -0.2) is 32.4 Å². The van der Waals surface area contributed by atoms with Gasteiger partial charge in [-0.2, -0.15) is 0 Å². The van der Waals surface area contributed by atoms with E-state index in [1.807, 2.05) is 6.92 Å². The van der Waals surface area contributed by atoms with Crippen molar-refractivity contribution in [1.82, 2.24) is 15.2 Å². The van der Waals surface area contributed by atoms with Gasteiger partial charge in [-0.3, -0.25) is 4.79 Å². The molecule has 2 aromatic heterocycles. The summed E-state index contributed by atoms with van der Waals surface area (Å²) in [5.41, 5.74) is 0.513. The first kappa shape index (κ1) is 18.4. The fourth-order valence-electron chi connectivity index (χ4n) is 2.66. The minimum atomic E-state index is -0.313. The summed E-state index contributed by atoms with van der Waals surface area (Å²) in [6.45, 7) is 1.83. The quantitative estimate of drug-likeness (QED) is 0.553. The zero-order valence-electron chi connectivity index (χ0n) is 13.9. The van der Waals surface area contributed by atoms with E-state index in [1.165, 1.54) is 55.2 Å². The molecule has 1 amide bonds. The summed E-state index contributed by atoms with van der Waals surface area (Å²) in [7, 11) is 0. The monoisotopic (exact) mass is 397 g/mol. The molecule has 1 aliphatic carbocycles. The number of aromatic nitrogens is 3. The predicted molar refractivity (Wildman–Crippen MR) is 104 cm³/mol. The highest BCUT2D eigenvalue weighted by atomic mass is 35.5. The van der Waals surface area contributed by atoms with Crippen LogP contribution in [0.15, 0.2) is 22.7 Å². The van der Waals surface area contributed by atoms with Crippen molar-refractivity contribution in [3.05, 3.63) is 23.5 Å². The maximum atomic E-state index is 12.3. The zero-order chi connectivity index (χ0) is 17.6. The van der Waals surface area contributed by atoms with E-state index in [0.717, 1.165) is 9.47 Å². The lowest BCUT2D eigenvalue weighted by Gasteiger charge is -2.21.